The van der Waals surface area contributed by atoms with Crippen molar-refractivity contribution in [2.45, 2.75) is 50.6 Å². The first-order chi connectivity index (χ1) is 11.6. The highest BCUT2D eigenvalue weighted by Crippen LogP contribution is 2.28. The highest BCUT2D eigenvalue weighted by atomic mass is 35.5. The van der Waals surface area contributed by atoms with Crippen molar-refractivity contribution in [2.24, 2.45) is 5.73 Å². The summed E-state index contributed by atoms with van der Waals surface area (Å²) >= 11 is 5.95. The summed E-state index contributed by atoms with van der Waals surface area (Å²) in [5, 5.41) is 0.770. The Morgan fingerprint density at radius 2 is 1.71 bits per heavy atom. The van der Waals surface area contributed by atoms with E-state index in [9.17, 15) is 4.79 Å². The molecule has 4 nitrogen and oxygen atoms in total. The largest absolute Gasteiger partial charge is 0.340 e. The number of nitrogens with zero attached hydrogens (tertiary/aromatic N) is 2. The first kappa shape index (κ1) is 17.7. The molecule has 2 fully saturated rings. The van der Waals surface area contributed by atoms with E-state index in [1.165, 1.54) is 12.0 Å². The number of carbonyl (C=O) groups excluding carboxylic acids is 1. The Balaban J connectivity index is 1.56. The van der Waals surface area contributed by atoms with Gasteiger partial charge < -0.3 is 10.6 Å². The molecule has 0 radical (unpaired) electrons. The Labute approximate surface area is 149 Å². The van der Waals surface area contributed by atoms with Crippen LogP contribution in [0, 0.1) is 0 Å². The first-order valence-electron chi connectivity index (χ1n) is 9.12. The van der Waals surface area contributed by atoms with Gasteiger partial charge in [0.15, 0.2) is 0 Å². The molecule has 1 amide bonds. The molecule has 2 N–H and O–H groups in total. The van der Waals surface area contributed by atoms with Crippen LogP contribution in [0.3, 0.4) is 0 Å². The Kier molecular flexibility index (Phi) is 5.80. The van der Waals surface area contributed by atoms with E-state index >= 15 is 0 Å². The first-order valence-corrected chi connectivity index (χ1v) is 9.50. The molecular weight excluding hydrogens is 322 g/mol. The molecule has 5 heteroatoms. The molecule has 24 heavy (non-hydrogen) atoms. The maximum atomic E-state index is 12.9. The predicted molar refractivity (Wildman–Crippen MR) is 97.9 cm³/mol. The summed E-state index contributed by atoms with van der Waals surface area (Å²) in [5.74, 6) is 0.176. The third kappa shape index (κ3) is 4.29. The fourth-order valence-electron chi connectivity index (χ4n) is 3.89. The third-order valence-corrected chi connectivity index (χ3v) is 5.62. The van der Waals surface area contributed by atoms with Crippen LogP contribution in [0.1, 0.15) is 44.1 Å². The van der Waals surface area contributed by atoms with Gasteiger partial charge in [-0.05, 0) is 37.0 Å². The summed E-state index contributed by atoms with van der Waals surface area (Å²) in [6.45, 7) is 4.45. The lowest BCUT2D eigenvalue weighted by Crippen LogP contribution is -2.56. The van der Waals surface area contributed by atoms with Crippen molar-refractivity contribution in [3.8, 4) is 0 Å². The van der Waals surface area contributed by atoms with E-state index in [1.54, 1.807) is 0 Å². The molecule has 3 rings (SSSR count). The quantitative estimate of drug-likeness (QED) is 0.912. The number of benzene rings is 1. The average Bonchev–Trinajstić information content (AvgIpc) is 2.82. The van der Waals surface area contributed by atoms with E-state index in [-0.39, 0.29) is 5.91 Å². The standard InChI is InChI=1S/C19H28ClN3O/c20-17-7-5-16(6-8-17)15-22-11-4-12-23(14-13-22)18(24)19(21)9-2-1-3-10-19/h5-8H,1-4,9-15,21H2. The van der Waals surface area contributed by atoms with Crippen molar-refractivity contribution < 1.29 is 4.79 Å². The van der Waals surface area contributed by atoms with Crippen LogP contribution < -0.4 is 5.73 Å². The van der Waals surface area contributed by atoms with Gasteiger partial charge in [-0.25, -0.2) is 0 Å². The molecule has 2 aliphatic rings. The smallest absolute Gasteiger partial charge is 0.242 e. The van der Waals surface area contributed by atoms with Gasteiger partial charge in [-0.3, -0.25) is 9.69 Å². The van der Waals surface area contributed by atoms with Crippen LogP contribution in [0.25, 0.3) is 0 Å². The highest BCUT2D eigenvalue weighted by Gasteiger charge is 2.38. The van der Waals surface area contributed by atoms with Gasteiger partial charge in [0.05, 0.1) is 5.54 Å². The predicted octanol–water partition coefficient (Wildman–Crippen LogP) is 3.04. The molecule has 1 aromatic carbocycles. The molecule has 0 bridgehead atoms. The summed E-state index contributed by atoms with van der Waals surface area (Å²) in [5.41, 5.74) is 7.10. The van der Waals surface area contributed by atoms with Crippen molar-refractivity contribution in [3.05, 3.63) is 34.9 Å². The Bertz CT molecular complexity index is 554. The van der Waals surface area contributed by atoms with Crippen LogP contribution in [0.4, 0.5) is 0 Å². The van der Waals surface area contributed by atoms with E-state index in [0.29, 0.717) is 0 Å². The summed E-state index contributed by atoms with van der Waals surface area (Å²) in [7, 11) is 0. The molecule has 1 saturated carbocycles. The molecule has 0 aromatic heterocycles. The highest BCUT2D eigenvalue weighted by molar-refractivity contribution is 6.30. The van der Waals surface area contributed by atoms with Crippen LogP contribution in [-0.2, 0) is 11.3 Å². The van der Waals surface area contributed by atoms with E-state index in [1.807, 2.05) is 17.0 Å². The number of rotatable bonds is 3. The summed E-state index contributed by atoms with van der Waals surface area (Å²) in [4.78, 5) is 17.3. The molecule has 0 spiro atoms. The zero-order chi connectivity index (χ0) is 17.0. The molecule has 0 atom stereocenters. The average molecular weight is 350 g/mol. The monoisotopic (exact) mass is 349 g/mol. The van der Waals surface area contributed by atoms with E-state index < -0.39 is 5.54 Å². The Morgan fingerprint density at radius 1 is 1.00 bits per heavy atom. The number of amides is 1. The molecule has 1 aromatic rings. The van der Waals surface area contributed by atoms with Crippen molar-refractivity contribution >= 4 is 17.5 Å². The summed E-state index contributed by atoms with van der Waals surface area (Å²) in [6, 6.07) is 8.03. The number of hydrogen-bond donors (Lipinski definition) is 1. The molecular formula is C19H28ClN3O. The van der Waals surface area contributed by atoms with Crippen LogP contribution >= 0.6 is 11.6 Å². The van der Waals surface area contributed by atoms with E-state index in [2.05, 4.69) is 17.0 Å². The fourth-order valence-corrected chi connectivity index (χ4v) is 4.02. The van der Waals surface area contributed by atoms with Gasteiger partial charge in [0, 0.05) is 37.7 Å². The van der Waals surface area contributed by atoms with Gasteiger partial charge in [0.1, 0.15) is 0 Å². The minimum atomic E-state index is -0.608. The summed E-state index contributed by atoms with van der Waals surface area (Å²) in [6.07, 6.45) is 6.07. The molecule has 1 heterocycles. The molecule has 1 aliphatic carbocycles. The topological polar surface area (TPSA) is 49.6 Å². The minimum Gasteiger partial charge on any atom is -0.340 e. The summed E-state index contributed by atoms with van der Waals surface area (Å²) < 4.78 is 0. The second-order valence-corrected chi connectivity index (χ2v) is 7.70. The number of nitrogens with two attached hydrogens (primary N) is 1. The normalized spacial score (nSPS) is 22.2. The van der Waals surface area contributed by atoms with Gasteiger partial charge in [0.2, 0.25) is 5.91 Å². The second kappa shape index (κ2) is 7.85. The maximum absolute atomic E-state index is 12.9. The van der Waals surface area contributed by atoms with Crippen molar-refractivity contribution in [3.63, 3.8) is 0 Å². The number of hydrogen-bond acceptors (Lipinski definition) is 3. The zero-order valence-corrected chi connectivity index (χ0v) is 15.1. The maximum Gasteiger partial charge on any atom is 0.242 e. The SMILES string of the molecule is NC1(C(=O)N2CCCN(Cc3ccc(Cl)cc3)CC2)CCCCC1. The molecule has 1 saturated heterocycles. The molecule has 0 unspecified atom stereocenters. The lowest BCUT2D eigenvalue weighted by molar-refractivity contribution is -0.138. The van der Waals surface area contributed by atoms with Gasteiger partial charge >= 0.3 is 0 Å². The second-order valence-electron chi connectivity index (χ2n) is 7.27. The molecule has 1 aliphatic heterocycles. The number of halogens is 1. The van der Waals surface area contributed by atoms with Gasteiger partial charge in [-0.1, -0.05) is 43.0 Å². The van der Waals surface area contributed by atoms with Gasteiger partial charge in [-0.2, -0.15) is 0 Å². The van der Waals surface area contributed by atoms with Gasteiger partial charge in [-0.15, -0.1) is 0 Å². The lowest BCUT2D eigenvalue weighted by Gasteiger charge is -2.36. The number of carbonyl (C=O) groups is 1. The van der Waals surface area contributed by atoms with Crippen LogP contribution in [0.2, 0.25) is 5.02 Å². The lowest BCUT2D eigenvalue weighted by atomic mass is 9.81. The van der Waals surface area contributed by atoms with Crippen molar-refractivity contribution in [2.75, 3.05) is 26.2 Å². The minimum absolute atomic E-state index is 0.176. The van der Waals surface area contributed by atoms with E-state index in [4.69, 9.17) is 17.3 Å². The Hall–Kier alpha value is -1.10. The Morgan fingerprint density at radius 3 is 2.42 bits per heavy atom. The molecule has 132 valence electrons. The fraction of sp³-hybridized carbons (Fsp3) is 0.632. The van der Waals surface area contributed by atoms with E-state index in [0.717, 1.165) is 69.9 Å². The van der Waals surface area contributed by atoms with Crippen molar-refractivity contribution in [1.82, 2.24) is 9.80 Å². The third-order valence-electron chi connectivity index (χ3n) is 5.37. The van der Waals surface area contributed by atoms with Crippen LogP contribution in [0.15, 0.2) is 24.3 Å². The van der Waals surface area contributed by atoms with Crippen LogP contribution in [-0.4, -0.2) is 47.4 Å². The van der Waals surface area contributed by atoms with Gasteiger partial charge in [0.25, 0.3) is 0 Å². The zero-order valence-electron chi connectivity index (χ0n) is 14.3. The van der Waals surface area contributed by atoms with Crippen molar-refractivity contribution in [1.29, 1.82) is 0 Å². The van der Waals surface area contributed by atoms with Crippen LogP contribution in [0.5, 0.6) is 0 Å².